The minimum Gasteiger partial charge on any atom is -0.320 e. The molecule has 0 spiro atoms. The minimum atomic E-state index is -1.72. The largest absolute Gasteiger partial charge is 0.320 e. The highest BCUT2D eigenvalue weighted by atomic mass is 28.3. The molecule has 0 aromatic heterocycles. The molecule has 86 valence electrons. The molecule has 0 aromatic carbocycles. The Hall–Kier alpha value is 0.0969. The first-order chi connectivity index (χ1) is 5.86. The Bertz CT molecular complexity index is 189. The third-order valence-electron chi connectivity index (χ3n) is 2.01. The molecular weight excluding hydrogens is 190 g/mol. The van der Waals surface area contributed by atoms with Gasteiger partial charge in [0.1, 0.15) is 0 Å². The lowest BCUT2D eigenvalue weighted by Gasteiger charge is -2.45. The molecule has 0 amide bonds. The zero-order chi connectivity index (χ0) is 11.8. The topological polar surface area (TPSA) is 41.3 Å². The molecule has 0 aliphatic carbocycles. The van der Waals surface area contributed by atoms with Gasteiger partial charge in [0.05, 0.1) is 0 Å². The van der Waals surface area contributed by atoms with Crippen LogP contribution in [0.4, 0.5) is 0 Å². The number of nitrogens with zero attached hydrogens (tertiary/aromatic N) is 1. The molecule has 0 atom stereocenters. The molecule has 0 aliphatic heterocycles. The predicted molar refractivity (Wildman–Crippen MR) is 66.2 cm³/mol. The van der Waals surface area contributed by atoms with E-state index in [2.05, 4.69) is 59.6 Å². The Labute approximate surface area is 90.2 Å². The number of nitrogens with two attached hydrogens (primary N) is 1. The van der Waals surface area contributed by atoms with Gasteiger partial charge in [0.15, 0.2) is 0 Å². The zero-order valence-electron chi connectivity index (χ0n) is 11.0. The summed E-state index contributed by atoms with van der Waals surface area (Å²) >= 11 is 0. The summed E-state index contributed by atoms with van der Waals surface area (Å²) in [4.78, 5) is 3.64. The van der Waals surface area contributed by atoms with Crippen molar-refractivity contribution in [3.63, 3.8) is 0 Å². The van der Waals surface area contributed by atoms with E-state index >= 15 is 0 Å². The Morgan fingerprint density at radius 3 is 1.57 bits per heavy atom. The number of hydrogen-bond donors (Lipinski definition) is 2. The third-order valence-corrected chi connectivity index (χ3v) is 5.24. The maximum Gasteiger partial charge on any atom is 0.212 e. The summed E-state index contributed by atoms with van der Waals surface area (Å²) in [6.45, 7) is 17.5. The van der Waals surface area contributed by atoms with Gasteiger partial charge in [0, 0.05) is 11.1 Å². The monoisotopic (exact) mass is 217 g/mol. The van der Waals surface area contributed by atoms with Crippen molar-refractivity contribution in [1.82, 2.24) is 9.66 Å². The van der Waals surface area contributed by atoms with E-state index in [1.807, 2.05) is 4.67 Å². The molecule has 0 saturated heterocycles. The molecule has 0 fully saturated rings. The van der Waals surface area contributed by atoms with E-state index in [9.17, 15) is 0 Å². The lowest BCUT2D eigenvalue weighted by atomic mass is 10.1. The number of nitrogens with one attached hydrogen (secondary N) is 1. The summed E-state index contributed by atoms with van der Waals surface area (Å²) in [7, 11) is -1.72. The molecule has 0 heterocycles. The van der Waals surface area contributed by atoms with Crippen molar-refractivity contribution in [2.45, 2.75) is 65.7 Å². The lowest BCUT2D eigenvalue weighted by Crippen LogP contribution is -2.71. The molecule has 0 bridgehead atoms. The molecule has 0 aromatic rings. The van der Waals surface area contributed by atoms with Gasteiger partial charge in [0.2, 0.25) is 8.40 Å². The second kappa shape index (κ2) is 3.93. The molecule has 0 radical (unpaired) electrons. The molecule has 0 aliphatic rings. The summed E-state index contributed by atoms with van der Waals surface area (Å²) in [5, 5.41) is 0. The number of rotatable bonds is 2. The van der Waals surface area contributed by atoms with Crippen molar-refractivity contribution in [2.75, 3.05) is 0 Å². The van der Waals surface area contributed by atoms with Gasteiger partial charge in [-0.2, -0.15) is 0 Å². The highest BCUT2D eigenvalue weighted by Gasteiger charge is 2.37. The van der Waals surface area contributed by atoms with Gasteiger partial charge in [-0.3, -0.25) is 5.84 Å². The zero-order valence-corrected chi connectivity index (χ0v) is 12.0. The van der Waals surface area contributed by atoms with E-state index in [0.29, 0.717) is 0 Å². The molecule has 3 N–H and O–H groups in total. The Balaban J connectivity index is 4.63. The van der Waals surface area contributed by atoms with Crippen LogP contribution in [-0.2, 0) is 0 Å². The summed E-state index contributed by atoms with van der Waals surface area (Å²) in [6, 6.07) is 0. The van der Waals surface area contributed by atoms with E-state index in [4.69, 9.17) is 5.84 Å². The van der Waals surface area contributed by atoms with Crippen molar-refractivity contribution in [3.8, 4) is 0 Å². The van der Waals surface area contributed by atoms with Gasteiger partial charge in [-0.15, -0.1) is 0 Å². The van der Waals surface area contributed by atoms with Crippen LogP contribution in [0.2, 0.25) is 13.1 Å². The fraction of sp³-hybridized carbons (Fsp3) is 1.00. The maximum atomic E-state index is 6.17. The van der Waals surface area contributed by atoms with Crippen molar-refractivity contribution >= 4 is 8.40 Å². The highest BCUT2D eigenvalue weighted by Crippen LogP contribution is 2.18. The van der Waals surface area contributed by atoms with Crippen LogP contribution in [0, 0.1) is 0 Å². The third kappa shape index (κ3) is 4.55. The van der Waals surface area contributed by atoms with Gasteiger partial charge in [-0.05, 0) is 54.6 Å². The SMILES string of the molecule is CC(C)(C)N[Si](C)(C)N(N)C(C)(C)C. The normalized spacial score (nSPS) is 15.0. The first-order valence-electron chi connectivity index (χ1n) is 5.21. The summed E-state index contributed by atoms with van der Waals surface area (Å²) in [5.41, 5.74) is 0.145. The van der Waals surface area contributed by atoms with E-state index in [1.165, 1.54) is 0 Å². The maximum absolute atomic E-state index is 6.17. The predicted octanol–water partition coefficient (Wildman–Crippen LogP) is 2.05. The van der Waals surface area contributed by atoms with E-state index in [0.717, 1.165) is 0 Å². The van der Waals surface area contributed by atoms with Crippen molar-refractivity contribution < 1.29 is 0 Å². The summed E-state index contributed by atoms with van der Waals surface area (Å²) in [6.07, 6.45) is 0. The molecule has 3 nitrogen and oxygen atoms in total. The van der Waals surface area contributed by atoms with E-state index < -0.39 is 8.40 Å². The quantitative estimate of drug-likeness (QED) is 0.422. The van der Waals surface area contributed by atoms with Crippen LogP contribution in [-0.4, -0.2) is 24.1 Å². The first kappa shape index (κ1) is 14.1. The van der Waals surface area contributed by atoms with Gasteiger partial charge < -0.3 is 4.98 Å². The molecule has 0 rings (SSSR count). The summed E-state index contributed by atoms with van der Waals surface area (Å²) < 4.78 is 2.01. The average Bonchev–Trinajstić information content (AvgIpc) is 1.78. The van der Waals surface area contributed by atoms with Crippen LogP contribution < -0.4 is 10.8 Å². The van der Waals surface area contributed by atoms with Crippen molar-refractivity contribution in [3.05, 3.63) is 0 Å². The average molecular weight is 217 g/mol. The molecule has 0 unspecified atom stereocenters. The first-order valence-corrected chi connectivity index (χ1v) is 8.15. The molecule has 0 saturated carbocycles. The molecular formula is C10H27N3Si. The van der Waals surface area contributed by atoms with Crippen molar-refractivity contribution in [2.24, 2.45) is 5.84 Å². The second-order valence-electron chi connectivity index (χ2n) is 6.47. The Kier molecular flexibility index (Phi) is 3.95. The molecule has 4 heteroatoms. The Morgan fingerprint density at radius 1 is 1.00 bits per heavy atom. The van der Waals surface area contributed by atoms with Crippen LogP contribution in [0.25, 0.3) is 0 Å². The van der Waals surface area contributed by atoms with Crippen LogP contribution in [0.15, 0.2) is 0 Å². The van der Waals surface area contributed by atoms with Gasteiger partial charge >= 0.3 is 0 Å². The van der Waals surface area contributed by atoms with E-state index in [1.54, 1.807) is 0 Å². The molecule has 14 heavy (non-hydrogen) atoms. The van der Waals surface area contributed by atoms with Crippen molar-refractivity contribution in [1.29, 1.82) is 0 Å². The number of hydrazine groups is 1. The second-order valence-corrected chi connectivity index (χ2v) is 10.3. The summed E-state index contributed by atoms with van der Waals surface area (Å²) in [5.74, 6) is 6.17. The smallest absolute Gasteiger partial charge is 0.212 e. The van der Waals surface area contributed by atoms with E-state index in [-0.39, 0.29) is 11.1 Å². The van der Waals surface area contributed by atoms with Crippen LogP contribution >= 0.6 is 0 Å². The lowest BCUT2D eigenvalue weighted by molar-refractivity contribution is 0.234. The van der Waals surface area contributed by atoms with Crippen LogP contribution in [0.1, 0.15) is 41.5 Å². The standard InChI is InChI=1S/C10H27N3Si/c1-9(2,3)12-14(7,8)13(11)10(4,5)6/h12H,11H2,1-8H3. The minimum absolute atomic E-state index is 0.0218. The van der Waals surface area contributed by atoms with Crippen LogP contribution in [0.3, 0.4) is 0 Å². The fourth-order valence-corrected chi connectivity index (χ4v) is 5.45. The highest BCUT2D eigenvalue weighted by molar-refractivity contribution is 6.72. The van der Waals surface area contributed by atoms with Crippen LogP contribution in [0.5, 0.6) is 0 Å². The van der Waals surface area contributed by atoms with Gasteiger partial charge in [-0.1, -0.05) is 0 Å². The fourth-order valence-electron chi connectivity index (χ4n) is 1.82. The van der Waals surface area contributed by atoms with Gasteiger partial charge in [-0.25, -0.2) is 4.67 Å². The Morgan fingerprint density at radius 2 is 1.36 bits per heavy atom. The van der Waals surface area contributed by atoms with Gasteiger partial charge in [0.25, 0.3) is 0 Å². The number of hydrogen-bond acceptors (Lipinski definition) is 3.